The van der Waals surface area contributed by atoms with Gasteiger partial charge in [0.05, 0.1) is 56.4 Å². The molecule has 15 atom stereocenters. The van der Waals surface area contributed by atoms with Gasteiger partial charge in [0.2, 0.25) is 6.29 Å². The van der Waals surface area contributed by atoms with Crippen LogP contribution in [0.5, 0.6) is 0 Å². The fourth-order valence-corrected chi connectivity index (χ4v) is 6.91. The summed E-state index contributed by atoms with van der Waals surface area (Å²) in [5, 5.41) is 73.7. The molecule has 4 aliphatic heterocycles. The van der Waals surface area contributed by atoms with Crippen molar-refractivity contribution >= 4 is 11.9 Å². The average molecular weight is 723 g/mol. The van der Waals surface area contributed by atoms with Crippen LogP contribution in [0.25, 0.3) is 0 Å². The van der Waals surface area contributed by atoms with Gasteiger partial charge in [-0.05, 0) is 24.6 Å². The normalized spacial score (nSPS) is 41.0. The summed E-state index contributed by atoms with van der Waals surface area (Å²) in [6.45, 7) is 0.496. The Hall–Kier alpha value is -3.30. The predicted molar refractivity (Wildman–Crippen MR) is 166 cm³/mol. The first-order chi connectivity index (χ1) is 24.4. The molecule has 0 aromatic heterocycles. The maximum absolute atomic E-state index is 12.8. The number of aliphatic hydroxyl groups excluding tert-OH is 7. The van der Waals surface area contributed by atoms with E-state index in [1.165, 1.54) is 26.2 Å². The van der Waals surface area contributed by atoms with Crippen LogP contribution in [0.15, 0.2) is 66.0 Å². The molecule has 0 saturated carbocycles. The maximum Gasteiger partial charge on any atom is 0.337 e. The zero-order valence-electron chi connectivity index (χ0n) is 27.6. The van der Waals surface area contributed by atoms with Crippen molar-refractivity contribution < 1.29 is 83.2 Å². The van der Waals surface area contributed by atoms with Gasteiger partial charge >= 0.3 is 11.9 Å². The fourth-order valence-electron chi connectivity index (χ4n) is 6.91. The van der Waals surface area contributed by atoms with Crippen LogP contribution in [-0.2, 0) is 54.1 Å². The second-order valence-electron chi connectivity index (χ2n) is 13.0. The summed E-state index contributed by atoms with van der Waals surface area (Å²) in [6, 6.07) is 9.10. The molecule has 5 aliphatic rings. The predicted octanol–water partition coefficient (Wildman–Crippen LogP) is -2.33. The van der Waals surface area contributed by atoms with Crippen LogP contribution in [0.4, 0.5) is 0 Å². The SMILES string of the molecule is COC(=O)C1=CO[C@H](O[C@@H]2O[C@H](COCc3ccccc3)[C@@H](O[C@@H]3O[C@H](CO)[C@H](O)[C@H](O)[C@H]3O)[C@H](O)[C@H]2O)[C@H]2[C@@H]1C=CC21C=C([C@H](C)O)C(=O)O1. The number of ether oxygens (including phenoxy) is 8. The third-order valence-corrected chi connectivity index (χ3v) is 9.65. The highest BCUT2D eigenvalue weighted by Gasteiger charge is 2.60. The summed E-state index contributed by atoms with van der Waals surface area (Å²) in [7, 11) is 1.19. The van der Waals surface area contributed by atoms with Crippen LogP contribution < -0.4 is 0 Å². The van der Waals surface area contributed by atoms with E-state index in [0.29, 0.717) is 0 Å². The number of rotatable bonds is 11. The number of carbonyl (C=O) groups excluding carboxylic acids is 2. The van der Waals surface area contributed by atoms with E-state index in [-0.39, 0.29) is 24.4 Å². The second kappa shape index (κ2) is 15.4. The summed E-state index contributed by atoms with van der Waals surface area (Å²) >= 11 is 0. The van der Waals surface area contributed by atoms with Crippen molar-refractivity contribution in [1.29, 1.82) is 0 Å². The summed E-state index contributed by atoms with van der Waals surface area (Å²) in [5.74, 6) is -3.30. The van der Waals surface area contributed by atoms with Crippen LogP contribution in [0, 0.1) is 11.8 Å². The van der Waals surface area contributed by atoms with Gasteiger partial charge in [0, 0.05) is 5.92 Å². The standard InChI is InChI=1S/C34H42O17/c1-15(36)18-10-34(51-30(18)43)9-8-17-19(29(42)44-2)13-46-31(22(17)34)50-33-27(41)25(39)28(21(48-33)14-45-12-16-6-4-3-5-7-16)49-32-26(40)24(38)23(37)20(11-35)47-32/h3-10,13,15,17,20-28,31-33,35-41H,11-12,14H2,1-2H3/t15-,17+,20+,21+,22+,23-,24-,25+,26+,27+,28+,31+,32-,33-,34?/m0/s1. The van der Waals surface area contributed by atoms with Crippen molar-refractivity contribution in [2.75, 3.05) is 20.3 Å². The molecule has 17 heteroatoms. The molecule has 1 unspecified atom stereocenters. The van der Waals surface area contributed by atoms with E-state index in [2.05, 4.69) is 0 Å². The van der Waals surface area contributed by atoms with E-state index in [1.807, 2.05) is 30.3 Å². The highest BCUT2D eigenvalue weighted by atomic mass is 16.8. The van der Waals surface area contributed by atoms with E-state index in [0.717, 1.165) is 11.8 Å². The lowest BCUT2D eigenvalue weighted by Crippen LogP contribution is -2.65. The molecule has 17 nitrogen and oxygen atoms in total. The van der Waals surface area contributed by atoms with E-state index >= 15 is 0 Å². The van der Waals surface area contributed by atoms with Gasteiger partial charge in [-0.3, -0.25) is 0 Å². The van der Waals surface area contributed by atoms with Crippen LogP contribution >= 0.6 is 0 Å². The van der Waals surface area contributed by atoms with E-state index in [9.17, 15) is 45.3 Å². The number of carbonyl (C=O) groups is 2. The lowest BCUT2D eigenvalue weighted by molar-refractivity contribution is -0.376. The average Bonchev–Trinajstić information content (AvgIpc) is 3.67. The zero-order valence-corrected chi connectivity index (χ0v) is 27.6. The molecular weight excluding hydrogens is 680 g/mol. The topological polar surface area (TPSA) is 250 Å². The molecule has 2 fully saturated rings. The quantitative estimate of drug-likeness (QED) is 0.0935. The number of allylic oxidation sites excluding steroid dienone is 1. The minimum absolute atomic E-state index is 0.0265. The summed E-state index contributed by atoms with van der Waals surface area (Å²) in [4.78, 5) is 25.5. The third-order valence-electron chi connectivity index (χ3n) is 9.65. The Morgan fingerprint density at radius 1 is 0.922 bits per heavy atom. The molecule has 0 radical (unpaired) electrons. The van der Waals surface area contributed by atoms with Gasteiger partial charge in [0.15, 0.2) is 18.2 Å². The number of aliphatic hydroxyl groups is 7. The van der Waals surface area contributed by atoms with Crippen molar-refractivity contribution in [2.24, 2.45) is 11.8 Å². The highest BCUT2D eigenvalue weighted by molar-refractivity contribution is 5.94. The Morgan fingerprint density at radius 2 is 1.61 bits per heavy atom. The van der Waals surface area contributed by atoms with Gasteiger partial charge in [-0.25, -0.2) is 9.59 Å². The molecule has 1 aliphatic carbocycles. The Kier molecular flexibility index (Phi) is 11.3. The number of fused-ring (bicyclic) bond motifs is 2. The van der Waals surface area contributed by atoms with E-state index < -0.39 is 110 Å². The molecular formula is C34H42O17. The van der Waals surface area contributed by atoms with Crippen molar-refractivity contribution in [3.8, 4) is 0 Å². The molecule has 0 bridgehead atoms. The van der Waals surface area contributed by atoms with Gasteiger partial charge in [-0.15, -0.1) is 0 Å². The molecule has 1 spiro atoms. The third kappa shape index (κ3) is 7.22. The number of esters is 2. The minimum Gasteiger partial charge on any atom is -0.471 e. The molecule has 280 valence electrons. The second-order valence-corrected chi connectivity index (χ2v) is 13.0. The molecule has 51 heavy (non-hydrogen) atoms. The summed E-state index contributed by atoms with van der Waals surface area (Å²) in [6.07, 6.45) is -13.2. The zero-order chi connectivity index (χ0) is 36.6. The van der Waals surface area contributed by atoms with Crippen LogP contribution in [0.3, 0.4) is 0 Å². The monoisotopic (exact) mass is 722 g/mol. The Morgan fingerprint density at radius 3 is 2.27 bits per heavy atom. The summed E-state index contributed by atoms with van der Waals surface area (Å²) < 4.78 is 46.0. The Balaban J connectivity index is 1.26. The lowest BCUT2D eigenvalue weighted by atomic mass is 9.78. The van der Waals surface area contributed by atoms with E-state index in [1.54, 1.807) is 6.08 Å². The molecule has 1 aromatic carbocycles. The molecule has 7 N–H and O–H groups in total. The molecule has 2 saturated heterocycles. The largest absolute Gasteiger partial charge is 0.471 e. The first-order valence-electron chi connectivity index (χ1n) is 16.4. The smallest absolute Gasteiger partial charge is 0.337 e. The lowest BCUT2D eigenvalue weighted by Gasteiger charge is -2.47. The van der Waals surface area contributed by atoms with Crippen LogP contribution in [0.1, 0.15) is 12.5 Å². The molecule has 4 heterocycles. The Bertz CT molecular complexity index is 1490. The molecule has 0 amide bonds. The van der Waals surface area contributed by atoms with Crippen molar-refractivity contribution in [1.82, 2.24) is 0 Å². The van der Waals surface area contributed by atoms with Crippen LogP contribution in [-0.4, -0.2) is 147 Å². The first-order valence-corrected chi connectivity index (χ1v) is 16.4. The number of hydrogen-bond donors (Lipinski definition) is 7. The molecule has 1 aromatic rings. The number of benzene rings is 1. The highest BCUT2D eigenvalue weighted by Crippen LogP contribution is 2.51. The minimum atomic E-state index is -1.86. The van der Waals surface area contributed by atoms with Gasteiger partial charge in [-0.1, -0.05) is 36.4 Å². The Labute approximate surface area is 291 Å². The van der Waals surface area contributed by atoms with Gasteiger partial charge < -0.3 is 73.6 Å². The van der Waals surface area contributed by atoms with Gasteiger partial charge in [0.1, 0.15) is 48.8 Å². The maximum atomic E-state index is 12.8. The van der Waals surface area contributed by atoms with Crippen molar-refractivity contribution in [2.45, 2.75) is 92.9 Å². The fraction of sp³-hybridized carbons (Fsp3) is 0.588. The first kappa shape index (κ1) is 37.5. The van der Waals surface area contributed by atoms with Crippen LogP contribution in [0.2, 0.25) is 0 Å². The van der Waals surface area contributed by atoms with Gasteiger partial charge in [0.25, 0.3) is 0 Å². The van der Waals surface area contributed by atoms with Gasteiger partial charge in [-0.2, -0.15) is 0 Å². The number of hydrogen-bond acceptors (Lipinski definition) is 17. The van der Waals surface area contributed by atoms with Crippen molar-refractivity contribution in [3.05, 3.63) is 71.5 Å². The summed E-state index contributed by atoms with van der Waals surface area (Å²) in [5.41, 5.74) is -0.688. The van der Waals surface area contributed by atoms with E-state index in [4.69, 9.17) is 37.9 Å². The molecule has 6 rings (SSSR count). The van der Waals surface area contributed by atoms with Crippen molar-refractivity contribution in [3.63, 3.8) is 0 Å². The number of methoxy groups -OCH3 is 1.